The molecule has 3 atom stereocenters. The summed E-state index contributed by atoms with van der Waals surface area (Å²) in [6, 6.07) is 10.7. The monoisotopic (exact) mass is 574 g/mol. The van der Waals surface area contributed by atoms with Crippen LogP contribution in [0.3, 0.4) is 0 Å². The first-order valence-corrected chi connectivity index (χ1v) is 12.7. The molecule has 15 heteroatoms. The zero-order chi connectivity index (χ0) is 29.9. The standard InChI is InChI=1S/C26H30N4O11/c1-17(31)41-24(13-27-25(33)39-15-18-2-6-20(7-3-18)29(35)36)11-10-22-12-23(32)14-28(22)26(34)40-16-19-4-8-21(9-5-19)30(37)38/h2-9,22-24,32H,10-16H2,1H3,(H,27,33)/t22-,23-,24?/m1/s1. The van der Waals surface area contributed by atoms with Gasteiger partial charge in [0.25, 0.3) is 11.4 Å². The van der Waals surface area contributed by atoms with Gasteiger partial charge in [0.2, 0.25) is 0 Å². The first kappa shape index (κ1) is 30.7. The molecule has 0 saturated carbocycles. The Balaban J connectivity index is 1.48. The molecule has 2 aromatic carbocycles. The first-order valence-electron chi connectivity index (χ1n) is 12.7. The van der Waals surface area contributed by atoms with Crippen LogP contribution in [0.2, 0.25) is 0 Å². The van der Waals surface area contributed by atoms with E-state index < -0.39 is 46.3 Å². The molecule has 0 spiro atoms. The van der Waals surface area contributed by atoms with E-state index >= 15 is 0 Å². The number of nitrogens with one attached hydrogen (secondary N) is 1. The van der Waals surface area contributed by atoms with Crippen molar-refractivity contribution in [1.82, 2.24) is 10.2 Å². The summed E-state index contributed by atoms with van der Waals surface area (Å²) in [5, 5.41) is 34.2. The van der Waals surface area contributed by atoms with Crippen molar-refractivity contribution < 1.29 is 43.5 Å². The molecule has 220 valence electrons. The van der Waals surface area contributed by atoms with E-state index in [1.54, 1.807) is 0 Å². The highest BCUT2D eigenvalue weighted by atomic mass is 16.6. The van der Waals surface area contributed by atoms with E-state index in [1.807, 2.05) is 0 Å². The normalized spacial score (nSPS) is 16.9. The number of likely N-dealkylation sites (tertiary alicyclic amines) is 1. The SMILES string of the molecule is CC(=O)OC(CC[C@@H]1C[C@@H](O)CN1C(=O)OCc1ccc([N+](=O)[O-])cc1)CNC(=O)OCc1ccc([N+](=O)[O-])cc1. The second kappa shape index (κ2) is 14.6. The summed E-state index contributed by atoms with van der Waals surface area (Å²) >= 11 is 0. The van der Waals surface area contributed by atoms with Gasteiger partial charge in [0.05, 0.1) is 29.0 Å². The summed E-state index contributed by atoms with van der Waals surface area (Å²) < 4.78 is 15.7. The van der Waals surface area contributed by atoms with Crippen molar-refractivity contribution in [1.29, 1.82) is 0 Å². The van der Waals surface area contributed by atoms with E-state index in [2.05, 4.69) is 5.32 Å². The van der Waals surface area contributed by atoms with Gasteiger partial charge in [-0.3, -0.25) is 25.0 Å². The highest BCUT2D eigenvalue weighted by Gasteiger charge is 2.35. The number of esters is 1. The highest BCUT2D eigenvalue weighted by molar-refractivity contribution is 5.69. The lowest BCUT2D eigenvalue weighted by molar-refractivity contribution is -0.385. The molecule has 0 aliphatic carbocycles. The van der Waals surface area contributed by atoms with Crippen LogP contribution < -0.4 is 5.32 Å². The van der Waals surface area contributed by atoms with E-state index in [4.69, 9.17) is 14.2 Å². The Morgan fingerprint density at radius 2 is 1.51 bits per heavy atom. The number of hydrogen-bond donors (Lipinski definition) is 2. The minimum Gasteiger partial charge on any atom is -0.461 e. The Morgan fingerprint density at radius 1 is 0.976 bits per heavy atom. The number of β-amino-alcohol motifs (C(OH)–C–C–N with tert-alkyl or cyclic N) is 1. The highest BCUT2D eigenvalue weighted by Crippen LogP contribution is 2.24. The molecule has 41 heavy (non-hydrogen) atoms. The number of carbonyl (C=O) groups is 3. The molecule has 2 amide bonds. The Morgan fingerprint density at radius 3 is 2.02 bits per heavy atom. The maximum Gasteiger partial charge on any atom is 0.410 e. The van der Waals surface area contributed by atoms with Gasteiger partial charge in [-0.2, -0.15) is 0 Å². The van der Waals surface area contributed by atoms with Gasteiger partial charge >= 0.3 is 18.2 Å². The smallest absolute Gasteiger partial charge is 0.410 e. The Hall–Kier alpha value is -4.79. The van der Waals surface area contributed by atoms with Gasteiger partial charge in [-0.15, -0.1) is 0 Å². The molecule has 1 heterocycles. The van der Waals surface area contributed by atoms with Gasteiger partial charge in [-0.1, -0.05) is 0 Å². The number of benzene rings is 2. The quantitative estimate of drug-likeness (QED) is 0.163. The molecule has 1 aliphatic heterocycles. The number of nitrogens with zero attached hydrogens (tertiary/aromatic N) is 3. The number of carbonyl (C=O) groups excluding carboxylic acids is 3. The van der Waals surface area contributed by atoms with Gasteiger partial charge in [-0.25, -0.2) is 9.59 Å². The number of nitro benzene ring substituents is 2. The number of alkyl carbamates (subject to hydrolysis) is 1. The topological polar surface area (TPSA) is 201 Å². The summed E-state index contributed by atoms with van der Waals surface area (Å²) in [4.78, 5) is 58.3. The first-order chi connectivity index (χ1) is 19.5. The molecular weight excluding hydrogens is 544 g/mol. The van der Waals surface area contributed by atoms with E-state index in [0.717, 1.165) is 0 Å². The number of non-ortho nitro benzene ring substituents is 2. The van der Waals surface area contributed by atoms with Crippen LogP contribution in [0.5, 0.6) is 0 Å². The van der Waals surface area contributed by atoms with E-state index in [-0.39, 0.29) is 50.5 Å². The lowest BCUT2D eigenvalue weighted by atomic mass is 10.0. The largest absolute Gasteiger partial charge is 0.461 e. The molecule has 0 aromatic heterocycles. The van der Waals surface area contributed by atoms with Crippen molar-refractivity contribution in [3.8, 4) is 0 Å². The molecule has 1 saturated heterocycles. The summed E-state index contributed by atoms with van der Waals surface area (Å²) in [5.41, 5.74) is 0.926. The Bertz CT molecular complexity index is 1240. The van der Waals surface area contributed by atoms with Gasteiger partial charge in [0.15, 0.2) is 0 Å². The van der Waals surface area contributed by atoms with E-state index in [9.17, 15) is 39.7 Å². The summed E-state index contributed by atoms with van der Waals surface area (Å²) in [6.07, 6.45) is -2.09. The second-order valence-corrected chi connectivity index (χ2v) is 9.36. The van der Waals surface area contributed by atoms with Crippen LogP contribution in [-0.2, 0) is 32.2 Å². The zero-order valence-corrected chi connectivity index (χ0v) is 22.2. The molecule has 2 N–H and O–H groups in total. The number of nitro groups is 2. The number of ether oxygens (including phenoxy) is 3. The lowest BCUT2D eigenvalue weighted by Crippen LogP contribution is -2.39. The van der Waals surface area contributed by atoms with Crippen LogP contribution in [0.25, 0.3) is 0 Å². The Kier molecular flexibility index (Phi) is 10.9. The zero-order valence-electron chi connectivity index (χ0n) is 22.2. The fourth-order valence-corrected chi connectivity index (χ4v) is 4.26. The number of aliphatic hydroxyl groups is 1. The van der Waals surface area contributed by atoms with Crippen LogP contribution in [0, 0.1) is 20.2 Å². The molecule has 15 nitrogen and oxygen atoms in total. The summed E-state index contributed by atoms with van der Waals surface area (Å²) in [6.45, 7) is 0.964. The number of aliphatic hydroxyl groups excluding tert-OH is 1. The number of hydrogen-bond acceptors (Lipinski definition) is 11. The van der Waals surface area contributed by atoms with Crippen molar-refractivity contribution >= 4 is 29.5 Å². The predicted octanol–water partition coefficient (Wildman–Crippen LogP) is 3.21. The molecular formula is C26H30N4O11. The van der Waals surface area contributed by atoms with E-state index in [1.165, 1.54) is 60.4 Å². The minimum absolute atomic E-state index is 0.0508. The molecule has 3 rings (SSSR count). The third-order valence-electron chi connectivity index (χ3n) is 6.28. The minimum atomic E-state index is -0.784. The van der Waals surface area contributed by atoms with Crippen LogP contribution in [0.4, 0.5) is 21.0 Å². The summed E-state index contributed by atoms with van der Waals surface area (Å²) in [7, 11) is 0. The van der Waals surface area contributed by atoms with Crippen molar-refractivity contribution in [3.05, 3.63) is 79.9 Å². The fourth-order valence-electron chi connectivity index (χ4n) is 4.26. The average molecular weight is 575 g/mol. The van der Waals surface area contributed by atoms with Gasteiger partial charge < -0.3 is 29.5 Å². The van der Waals surface area contributed by atoms with Crippen molar-refractivity contribution in [3.63, 3.8) is 0 Å². The number of rotatable bonds is 12. The van der Waals surface area contributed by atoms with Crippen LogP contribution >= 0.6 is 0 Å². The molecule has 0 bridgehead atoms. The van der Waals surface area contributed by atoms with Gasteiger partial charge in [-0.05, 0) is 54.7 Å². The third kappa shape index (κ3) is 9.72. The Labute approximate surface area is 234 Å². The molecule has 0 radical (unpaired) electrons. The average Bonchev–Trinajstić information content (AvgIpc) is 3.32. The lowest BCUT2D eigenvalue weighted by Gasteiger charge is -2.25. The van der Waals surface area contributed by atoms with Crippen LogP contribution in [0.1, 0.15) is 37.3 Å². The van der Waals surface area contributed by atoms with Gasteiger partial charge in [0, 0.05) is 37.2 Å². The third-order valence-corrected chi connectivity index (χ3v) is 6.28. The van der Waals surface area contributed by atoms with E-state index in [0.29, 0.717) is 17.5 Å². The van der Waals surface area contributed by atoms with Gasteiger partial charge in [0.1, 0.15) is 19.3 Å². The van der Waals surface area contributed by atoms with Crippen molar-refractivity contribution in [2.75, 3.05) is 13.1 Å². The van der Waals surface area contributed by atoms with Crippen molar-refractivity contribution in [2.45, 2.75) is 57.6 Å². The maximum atomic E-state index is 12.7. The maximum absolute atomic E-state index is 12.7. The predicted molar refractivity (Wildman–Crippen MR) is 140 cm³/mol. The molecule has 1 unspecified atom stereocenters. The second-order valence-electron chi connectivity index (χ2n) is 9.36. The molecule has 1 aliphatic rings. The van der Waals surface area contributed by atoms with Crippen LogP contribution in [0.15, 0.2) is 48.5 Å². The van der Waals surface area contributed by atoms with Crippen molar-refractivity contribution in [2.24, 2.45) is 0 Å². The molecule has 1 fully saturated rings. The number of amides is 2. The van der Waals surface area contributed by atoms with Crippen LogP contribution in [-0.4, -0.2) is 69.3 Å². The summed E-state index contributed by atoms with van der Waals surface area (Å²) in [5.74, 6) is -0.568. The molecule has 2 aromatic rings. The fraction of sp³-hybridized carbons (Fsp3) is 0.423.